The number of phenols is 2. The molecule has 22 heteroatoms. The predicted molar refractivity (Wildman–Crippen MR) is 393 cm³/mol. The molecule has 0 aromatic heterocycles. The van der Waals surface area contributed by atoms with Crippen LogP contribution >= 0.6 is 0 Å². The minimum atomic E-state index is -6.85. The van der Waals surface area contributed by atoms with Gasteiger partial charge >= 0.3 is 46.9 Å². The maximum Gasteiger partial charge on any atom is 0.534 e. The molecule has 0 fully saturated rings. The molecule has 0 heterocycles. The molecule has 2 aliphatic rings. The van der Waals surface area contributed by atoms with Gasteiger partial charge in [0.2, 0.25) is 0 Å². The molecule has 0 bridgehead atoms. The van der Waals surface area contributed by atoms with Crippen molar-refractivity contribution >= 4 is 160 Å². The van der Waals surface area contributed by atoms with Crippen molar-refractivity contribution in [1.29, 1.82) is 0 Å². The quantitative estimate of drug-likeness (QED) is 0.0751. The zero-order valence-corrected chi connectivity index (χ0v) is 57.5. The van der Waals surface area contributed by atoms with Gasteiger partial charge in [-0.2, -0.15) is 64.8 Å². The van der Waals surface area contributed by atoms with E-state index in [4.69, 9.17) is 0 Å². The van der Waals surface area contributed by atoms with Crippen LogP contribution in [0.2, 0.25) is 0 Å². The molecule has 0 atom stereocenters. The topological polar surface area (TPSA) is 161 Å². The van der Waals surface area contributed by atoms with E-state index in [2.05, 4.69) is 190 Å². The Kier molecular flexibility index (Phi) is 14.9. The number of aryl methyl sites for hydroxylation is 1. The third-order valence-electron chi connectivity index (χ3n) is 20.5. The van der Waals surface area contributed by atoms with E-state index >= 15 is 0 Å². The molecular formula is C82H53F9O10S3. The highest BCUT2D eigenvalue weighted by Gasteiger charge is 2.57. The Labute approximate surface area is 586 Å². The first-order valence-corrected chi connectivity index (χ1v) is 36.6. The number of alkyl halides is 9. The van der Waals surface area contributed by atoms with Crippen LogP contribution in [0, 0.1) is 6.92 Å². The van der Waals surface area contributed by atoms with Crippen molar-refractivity contribution < 1.29 is 82.8 Å². The average Bonchev–Trinajstić information content (AvgIpc) is 1.55. The zero-order valence-electron chi connectivity index (χ0n) is 55.1. The highest BCUT2D eigenvalue weighted by atomic mass is 32.3. The van der Waals surface area contributed by atoms with Gasteiger partial charge < -0.3 is 14.4 Å². The molecule has 18 rings (SSSR count). The van der Waals surface area contributed by atoms with E-state index in [0.29, 0.717) is 5.39 Å². The van der Waals surface area contributed by atoms with Crippen molar-refractivity contribution in [3.05, 3.63) is 246 Å². The number of rotatable bonds is 4. The first-order valence-electron chi connectivity index (χ1n) is 32.3. The fourth-order valence-electron chi connectivity index (χ4n) is 15.7. The molecule has 522 valence electrons. The summed E-state index contributed by atoms with van der Waals surface area (Å²) in [6, 6.07) is 74.6. The van der Waals surface area contributed by atoms with Gasteiger partial charge in [-0.15, -0.1) is 3.63 Å². The first kappa shape index (κ1) is 67.7. The van der Waals surface area contributed by atoms with Crippen LogP contribution in [0.3, 0.4) is 0 Å². The number of phenolic OH excluding ortho intramolecular Hbond substituents is 2. The van der Waals surface area contributed by atoms with Crippen LogP contribution in [-0.2, 0) is 44.8 Å². The Morgan fingerprint density at radius 2 is 0.510 bits per heavy atom. The zero-order chi connectivity index (χ0) is 73.7. The molecule has 16 aromatic rings. The maximum atomic E-state index is 13.2. The van der Waals surface area contributed by atoms with Gasteiger partial charge in [-0.3, -0.25) is 0 Å². The van der Waals surface area contributed by atoms with Crippen molar-refractivity contribution in [2.75, 3.05) is 0 Å². The minimum absolute atomic E-state index is 0.198. The summed E-state index contributed by atoms with van der Waals surface area (Å²) in [5, 5.41) is 47.2. The van der Waals surface area contributed by atoms with Crippen molar-refractivity contribution in [2.45, 2.75) is 62.0 Å². The van der Waals surface area contributed by atoms with E-state index in [1.54, 1.807) is 18.2 Å². The third-order valence-corrected chi connectivity index (χ3v) is 24.0. The van der Waals surface area contributed by atoms with E-state index in [9.17, 15) is 75.0 Å². The molecule has 2 N–H and O–H groups in total. The van der Waals surface area contributed by atoms with Gasteiger partial charge in [0, 0.05) is 10.8 Å². The van der Waals surface area contributed by atoms with Crippen molar-refractivity contribution in [1.82, 2.24) is 0 Å². The highest BCUT2D eigenvalue weighted by Crippen LogP contribution is 2.56. The van der Waals surface area contributed by atoms with Crippen LogP contribution in [0.5, 0.6) is 17.2 Å². The SMILES string of the molecule is CC1(C)c2cc3c4ccc(O)cc4c4ccccc4c3cc2-c2cc3c4ccccc4c4cc(O)ccc4c3cc21.Cc1ccc2c(c1)c1ccccc1c1cc3c(cc21)C(C)(C)c1cc2c4ccc(OS(=O)(=O)C(F)(F)F)cc4c4ccccc4c2cc1-3.O=S(=O)(OS(=O)(=O)C(F)(F)F)C(F)(F)F. The predicted octanol–water partition coefficient (Wildman–Crippen LogP) is 22.5. The van der Waals surface area contributed by atoms with Gasteiger partial charge in [0.05, 0.1) is 0 Å². The van der Waals surface area contributed by atoms with Crippen LogP contribution in [0.15, 0.2) is 218 Å². The van der Waals surface area contributed by atoms with Crippen LogP contribution in [0.4, 0.5) is 39.5 Å². The fourth-order valence-corrected chi connectivity index (χ4v) is 17.8. The molecular weight excluding hydrogens is 1410 g/mol. The van der Waals surface area contributed by atoms with Crippen LogP contribution in [0.25, 0.3) is 152 Å². The van der Waals surface area contributed by atoms with Crippen molar-refractivity contribution in [3.8, 4) is 39.5 Å². The smallest absolute Gasteiger partial charge is 0.508 e. The number of hydrogen-bond donors (Lipinski definition) is 2. The summed E-state index contributed by atoms with van der Waals surface area (Å²) in [5.74, 6) is 0.185. The Morgan fingerprint density at radius 3 is 0.798 bits per heavy atom. The Bertz CT molecular complexity index is 6700. The standard InChI is InChI=1S/C41H27F3O3S.C39H26O2.C2F6O5S2/c1-22-12-14-28-30(16-22)24-8-4-6-10-26(24)32-18-36-37-19-33-27-11-7-5-9-25(27)31-17-23(47-48(45,46)41(42,43)44)13-15-29(31)35(33)21-39(37)40(2,3)38(36)20-34(28)32;1-39(2)37-19-33-27-13-11-21(40)15-29(27)23-7-3-5-9-25(23)31(33)17-35(37)36-18-32-26-10-6-4-8-24(26)30-16-22(41)12-14-28(30)34(32)20-38(36)39;3-1(4,5)14(9,10)13-15(11,12)2(6,7)8/h4-21H,1-3H3;3-20,40-41H,1-2H3;. The first-order chi connectivity index (χ1) is 48.9. The lowest BCUT2D eigenvalue weighted by Gasteiger charge is -2.23. The summed E-state index contributed by atoms with van der Waals surface area (Å²) in [6.45, 7) is 11.3. The van der Waals surface area contributed by atoms with Crippen molar-refractivity contribution in [2.24, 2.45) is 0 Å². The van der Waals surface area contributed by atoms with Gasteiger partial charge in [0.1, 0.15) is 17.2 Å². The largest absolute Gasteiger partial charge is 0.534 e. The lowest BCUT2D eigenvalue weighted by molar-refractivity contribution is -0.0586. The molecule has 0 saturated carbocycles. The van der Waals surface area contributed by atoms with Gasteiger partial charge in [-0.25, -0.2) is 0 Å². The summed E-state index contributed by atoms with van der Waals surface area (Å²) < 4.78 is 178. The number of hydrogen-bond acceptors (Lipinski definition) is 10. The van der Waals surface area contributed by atoms with Gasteiger partial charge in [-0.1, -0.05) is 161 Å². The Hall–Kier alpha value is -10.8. The van der Waals surface area contributed by atoms with Crippen LogP contribution in [-0.4, -0.2) is 52.0 Å². The van der Waals surface area contributed by atoms with Gasteiger partial charge in [0.15, 0.2) is 0 Å². The molecule has 0 spiro atoms. The molecule has 0 aliphatic heterocycles. The fraction of sp³-hybridized carbons (Fsp3) is 0.122. The molecule has 0 unspecified atom stereocenters. The average molecular weight is 1470 g/mol. The second-order valence-electron chi connectivity index (χ2n) is 27.3. The van der Waals surface area contributed by atoms with Crippen molar-refractivity contribution in [3.63, 3.8) is 0 Å². The van der Waals surface area contributed by atoms with Crippen LogP contribution < -0.4 is 4.18 Å². The number of benzene rings is 16. The normalized spacial score (nSPS) is 14.4. The molecule has 16 aromatic carbocycles. The molecule has 2 aliphatic carbocycles. The van der Waals surface area contributed by atoms with E-state index in [0.717, 1.165) is 70.4 Å². The number of fused-ring (bicyclic) bond motifs is 30. The van der Waals surface area contributed by atoms with Crippen LogP contribution in [0.1, 0.15) is 55.5 Å². The van der Waals surface area contributed by atoms with Gasteiger partial charge in [0.25, 0.3) is 0 Å². The summed E-state index contributed by atoms with van der Waals surface area (Å²) in [6.07, 6.45) is 0. The summed E-state index contributed by atoms with van der Waals surface area (Å²) in [7, 11) is -19.5. The molecule has 0 saturated heterocycles. The lowest BCUT2D eigenvalue weighted by Crippen LogP contribution is -2.34. The number of aromatic hydroxyl groups is 2. The monoisotopic (exact) mass is 1460 g/mol. The summed E-state index contributed by atoms with van der Waals surface area (Å²) in [5.41, 5.74) is -7.42. The summed E-state index contributed by atoms with van der Waals surface area (Å²) in [4.78, 5) is 0. The summed E-state index contributed by atoms with van der Waals surface area (Å²) >= 11 is 0. The van der Waals surface area contributed by atoms with Gasteiger partial charge in [-0.05, 0) is 272 Å². The van der Waals surface area contributed by atoms with E-state index < -0.39 is 46.9 Å². The molecule has 0 amide bonds. The van der Waals surface area contributed by atoms with E-state index in [1.165, 1.54) is 116 Å². The highest BCUT2D eigenvalue weighted by molar-refractivity contribution is 8.00. The molecule has 0 radical (unpaired) electrons. The minimum Gasteiger partial charge on any atom is -0.508 e. The number of halogens is 9. The van der Waals surface area contributed by atoms with E-state index in [-0.39, 0.29) is 28.1 Å². The van der Waals surface area contributed by atoms with E-state index in [1.807, 2.05) is 40.0 Å². The second-order valence-corrected chi connectivity index (χ2v) is 32.1. The third kappa shape index (κ3) is 10.4. The lowest BCUT2D eigenvalue weighted by atomic mass is 9.80. The molecule has 10 nitrogen and oxygen atoms in total. The second kappa shape index (κ2) is 22.9. The Balaban J connectivity index is 0.000000135. The maximum absolute atomic E-state index is 13.2. The Morgan fingerprint density at radius 1 is 0.279 bits per heavy atom. The molecule has 104 heavy (non-hydrogen) atoms.